The number of halogens is 3. The number of hydrogen-bond donors (Lipinski definition) is 1. The zero-order valence-corrected chi connectivity index (χ0v) is 26.0. The highest BCUT2D eigenvalue weighted by Gasteiger charge is 2.69. The maximum absolute atomic E-state index is 13.4. The molecule has 2 heterocycles. The Morgan fingerprint density at radius 1 is 0.944 bits per heavy atom. The Hall–Kier alpha value is -0.506. The van der Waals surface area contributed by atoms with Gasteiger partial charge in [0, 0.05) is 10.1 Å². The highest BCUT2D eigenvalue weighted by Crippen LogP contribution is 2.58. The zero-order valence-electron chi connectivity index (χ0n) is 24.0. The van der Waals surface area contributed by atoms with Gasteiger partial charge >= 0.3 is 20.6 Å². The quantitative estimate of drug-likeness (QED) is 0.419. The second kappa shape index (κ2) is 9.91. The molecule has 0 bridgehead atoms. The summed E-state index contributed by atoms with van der Waals surface area (Å²) in [7, 11) is -5.64. The van der Waals surface area contributed by atoms with E-state index in [0.29, 0.717) is 0 Å². The molecule has 212 valence electrons. The average Bonchev–Trinajstić information content (AvgIpc) is 3.02. The number of carbonyl (C=O) groups excluding carboxylic acids is 1. The van der Waals surface area contributed by atoms with Crippen LogP contribution >= 0.6 is 0 Å². The maximum Gasteiger partial charge on any atom is 0.471 e. The third kappa shape index (κ3) is 6.21. The molecule has 0 aromatic rings. The van der Waals surface area contributed by atoms with Crippen LogP contribution in [0.1, 0.15) is 76.2 Å². The molecule has 12 heteroatoms. The van der Waals surface area contributed by atoms with Gasteiger partial charge in [-0.25, -0.2) is 0 Å². The second-order valence-electron chi connectivity index (χ2n) is 13.7. The number of hydrogen-bond acceptors (Lipinski definition) is 6. The van der Waals surface area contributed by atoms with Crippen LogP contribution in [0.25, 0.3) is 0 Å². The van der Waals surface area contributed by atoms with Gasteiger partial charge in [-0.05, 0) is 32.0 Å². The Kier molecular flexibility index (Phi) is 8.73. The summed E-state index contributed by atoms with van der Waals surface area (Å²) in [6, 6.07) is -1.26. The number of amides is 1. The SMILES string of the molecule is CC(C)O[C@H]1O[C@@H]2O[Si](C(C)(C)C)(C(C)(C)C)O[C@@H]2[C@H](O[Si](C)(C)C(C)(C)C)[C@H]1NC(=O)C(F)(F)F. The van der Waals surface area contributed by atoms with Crippen LogP contribution in [0, 0.1) is 0 Å². The van der Waals surface area contributed by atoms with E-state index in [9.17, 15) is 18.0 Å². The standard InChI is InChI=1S/C24H46F3NO6Si2/c1-14(2)30-18-15(28-20(29)24(25,26)27)16(32-35(12,13)21(3,4)5)17-19(31-18)34-36(33-17,22(6,7)8)23(9,10)11/h14-19H,1-13H3,(H,28,29)/t15-,16-,17-,18+,19-/m1/s1. The fraction of sp³-hybridized carbons (Fsp3) is 0.958. The van der Waals surface area contributed by atoms with Crippen molar-refractivity contribution in [2.24, 2.45) is 0 Å². The number of nitrogens with one attached hydrogen (secondary N) is 1. The monoisotopic (exact) mass is 557 g/mol. The molecule has 2 rings (SSSR count). The fourth-order valence-electron chi connectivity index (χ4n) is 4.67. The summed E-state index contributed by atoms with van der Waals surface area (Å²) in [6.45, 7) is 25.9. The van der Waals surface area contributed by atoms with Crippen LogP contribution in [0.5, 0.6) is 0 Å². The van der Waals surface area contributed by atoms with Gasteiger partial charge in [0.15, 0.2) is 20.9 Å². The highest BCUT2D eigenvalue weighted by molar-refractivity contribution is 6.74. The summed E-state index contributed by atoms with van der Waals surface area (Å²) in [5, 5.41) is 1.07. The third-order valence-corrected chi connectivity index (χ3v) is 16.9. The molecule has 7 nitrogen and oxygen atoms in total. The van der Waals surface area contributed by atoms with Crippen LogP contribution in [-0.2, 0) is 27.5 Å². The topological polar surface area (TPSA) is 75.2 Å². The van der Waals surface area contributed by atoms with Crippen molar-refractivity contribution < 1.29 is 40.7 Å². The van der Waals surface area contributed by atoms with Crippen molar-refractivity contribution in [2.75, 3.05) is 0 Å². The smallest absolute Gasteiger partial charge is 0.409 e. The molecule has 0 aromatic heterocycles. The van der Waals surface area contributed by atoms with Crippen molar-refractivity contribution in [3.63, 3.8) is 0 Å². The first-order valence-corrected chi connectivity index (χ1v) is 17.3. The molecule has 0 aromatic carbocycles. The molecule has 2 saturated heterocycles. The van der Waals surface area contributed by atoms with Crippen molar-refractivity contribution >= 4 is 22.8 Å². The molecule has 0 spiro atoms. The van der Waals surface area contributed by atoms with Crippen molar-refractivity contribution in [1.82, 2.24) is 5.32 Å². The normalized spacial score (nSPS) is 29.9. The molecule has 5 atom stereocenters. The minimum atomic E-state index is -5.08. The Bertz CT molecular complexity index is 788. The van der Waals surface area contributed by atoms with E-state index in [-0.39, 0.29) is 11.1 Å². The molecule has 2 fully saturated rings. The highest BCUT2D eigenvalue weighted by atomic mass is 28.4. The summed E-state index contributed by atoms with van der Waals surface area (Å²) in [5.74, 6) is -2.08. The minimum Gasteiger partial charge on any atom is -0.409 e. The zero-order chi connectivity index (χ0) is 28.3. The first-order chi connectivity index (χ1) is 15.8. The molecular formula is C24H46F3NO6Si2. The van der Waals surface area contributed by atoms with E-state index >= 15 is 0 Å². The van der Waals surface area contributed by atoms with E-state index in [4.69, 9.17) is 22.8 Å². The van der Waals surface area contributed by atoms with E-state index in [1.54, 1.807) is 13.8 Å². The summed E-state index contributed by atoms with van der Waals surface area (Å²) in [4.78, 5) is 12.2. The van der Waals surface area contributed by atoms with E-state index in [1.165, 1.54) is 0 Å². The van der Waals surface area contributed by atoms with Gasteiger partial charge < -0.3 is 28.1 Å². The van der Waals surface area contributed by atoms with E-state index in [0.717, 1.165) is 0 Å². The number of fused-ring (bicyclic) bond motifs is 1. The molecule has 2 aliphatic heterocycles. The van der Waals surface area contributed by atoms with Crippen molar-refractivity contribution in [1.29, 1.82) is 0 Å². The average molecular weight is 558 g/mol. The van der Waals surface area contributed by atoms with Gasteiger partial charge in [-0.3, -0.25) is 4.79 Å². The van der Waals surface area contributed by atoms with Crippen LogP contribution in [0.2, 0.25) is 28.2 Å². The predicted octanol–water partition coefficient (Wildman–Crippen LogP) is 5.99. The van der Waals surface area contributed by atoms with Crippen molar-refractivity contribution in [2.45, 2.75) is 147 Å². The Morgan fingerprint density at radius 2 is 1.44 bits per heavy atom. The Balaban J connectivity index is 2.66. The summed E-state index contributed by atoms with van der Waals surface area (Å²) < 4.78 is 72.4. The molecule has 0 unspecified atom stereocenters. The van der Waals surface area contributed by atoms with Crippen molar-refractivity contribution in [3.8, 4) is 0 Å². The van der Waals surface area contributed by atoms with E-state index in [2.05, 4.69) is 5.32 Å². The molecule has 1 amide bonds. The molecule has 36 heavy (non-hydrogen) atoms. The first kappa shape index (κ1) is 31.7. The lowest BCUT2D eigenvalue weighted by Crippen LogP contribution is -2.67. The fourth-order valence-corrected chi connectivity index (χ4v) is 10.8. The van der Waals surface area contributed by atoms with Crippen molar-refractivity contribution in [3.05, 3.63) is 0 Å². The van der Waals surface area contributed by atoms with Crippen LogP contribution in [-0.4, -0.2) is 65.9 Å². The largest absolute Gasteiger partial charge is 0.471 e. The van der Waals surface area contributed by atoms with Gasteiger partial charge in [0.25, 0.3) is 0 Å². The van der Waals surface area contributed by atoms with Gasteiger partial charge in [-0.1, -0.05) is 62.3 Å². The predicted molar refractivity (Wildman–Crippen MR) is 136 cm³/mol. The van der Waals surface area contributed by atoms with Crippen LogP contribution in [0.4, 0.5) is 13.2 Å². The van der Waals surface area contributed by atoms with Gasteiger partial charge in [0.2, 0.25) is 0 Å². The molecule has 2 aliphatic rings. The Labute approximate surface area is 216 Å². The molecule has 1 N–H and O–H groups in total. The minimum absolute atomic E-state index is 0.254. The summed E-state index contributed by atoms with van der Waals surface area (Å²) in [5.41, 5.74) is 0. The van der Waals surface area contributed by atoms with Gasteiger partial charge in [0.1, 0.15) is 18.2 Å². The first-order valence-electron chi connectivity index (χ1n) is 12.6. The lowest BCUT2D eigenvalue weighted by atomic mass is 10.0. The van der Waals surface area contributed by atoms with Gasteiger partial charge in [-0.2, -0.15) is 13.2 Å². The van der Waals surface area contributed by atoms with Gasteiger partial charge in [0.05, 0.1) is 6.10 Å². The molecule has 0 aliphatic carbocycles. The van der Waals surface area contributed by atoms with E-state index < -0.39 is 69.9 Å². The van der Waals surface area contributed by atoms with E-state index in [1.807, 2.05) is 75.4 Å². The van der Waals surface area contributed by atoms with Crippen LogP contribution < -0.4 is 5.32 Å². The second-order valence-corrected chi connectivity index (χ2v) is 23.2. The molecular weight excluding hydrogens is 511 g/mol. The Morgan fingerprint density at radius 3 is 1.83 bits per heavy atom. The molecule has 0 radical (unpaired) electrons. The number of ether oxygens (including phenoxy) is 2. The number of alkyl halides is 3. The number of carbonyl (C=O) groups is 1. The van der Waals surface area contributed by atoms with Crippen LogP contribution in [0.15, 0.2) is 0 Å². The summed E-state index contributed by atoms with van der Waals surface area (Å²) in [6.07, 6.45) is -9.41. The number of rotatable bonds is 5. The third-order valence-electron chi connectivity index (χ3n) is 7.26. The maximum atomic E-state index is 13.4. The van der Waals surface area contributed by atoms with Gasteiger partial charge in [-0.15, -0.1) is 0 Å². The summed E-state index contributed by atoms with van der Waals surface area (Å²) >= 11 is 0. The van der Waals surface area contributed by atoms with Crippen LogP contribution in [0.3, 0.4) is 0 Å². The lowest BCUT2D eigenvalue weighted by molar-refractivity contribution is -0.293. The molecule has 0 saturated carbocycles. The lowest BCUT2D eigenvalue weighted by Gasteiger charge is -2.48.